The maximum Gasteiger partial charge on any atom is 0.472 e. The molecule has 0 rings (SSSR count). The highest BCUT2D eigenvalue weighted by Crippen LogP contribution is 2.45. The number of carbonyl (C=O) groups excluding carboxylic acids is 4. The lowest BCUT2D eigenvalue weighted by atomic mass is 10.0. The van der Waals surface area contributed by atoms with E-state index in [9.17, 15) is 43.2 Å². The molecule has 2 unspecified atom stereocenters. The van der Waals surface area contributed by atoms with Gasteiger partial charge < -0.3 is 33.8 Å². The number of hydrogen-bond acceptors (Lipinski definition) is 15. The van der Waals surface area contributed by atoms with Crippen molar-refractivity contribution in [2.45, 2.75) is 349 Å². The number of carbonyl (C=O) groups is 4. The van der Waals surface area contributed by atoms with Crippen molar-refractivity contribution in [2.75, 3.05) is 39.6 Å². The fourth-order valence-corrected chi connectivity index (χ4v) is 11.5. The molecule has 0 aliphatic heterocycles. The van der Waals surface area contributed by atoms with Crippen LogP contribution in [0.1, 0.15) is 330 Å². The molecule has 0 bridgehead atoms. The Morgan fingerprint density at radius 3 is 0.800 bits per heavy atom. The molecule has 0 aromatic rings. The van der Waals surface area contributed by atoms with Crippen LogP contribution in [0.2, 0.25) is 0 Å². The Hall–Kier alpha value is -1.94. The Morgan fingerprint density at radius 2 is 0.541 bits per heavy atom. The van der Waals surface area contributed by atoms with Crippen LogP contribution in [-0.2, 0) is 65.4 Å². The molecule has 0 saturated heterocycles. The zero-order valence-corrected chi connectivity index (χ0v) is 56.7. The summed E-state index contributed by atoms with van der Waals surface area (Å²) in [5.41, 5.74) is 0. The maximum atomic E-state index is 13.0. The van der Waals surface area contributed by atoms with E-state index >= 15 is 0 Å². The van der Waals surface area contributed by atoms with Gasteiger partial charge in [-0.3, -0.25) is 37.3 Å². The molecule has 0 aliphatic rings. The smallest absolute Gasteiger partial charge is 0.462 e. The number of phosphoric ester groups is 2. The second-order valence-corrected chi connectivity index (χ2v) is 27.7. The minimum atomic E-state index is -4.95. The molecule has 0 radical (unpaired) electrons. The quantitative estimate of drug-likeness (QED) is 0.0222. The Bertz CT molecular complexity index is 1670. The Kier molecular flexibility index (Phi) is 57.1. The number of esters is 4. The summed E-state index contributed by atoms with van der Waals surface area (Å²) in [7, 11) is -9.88. The zero-order valence-electron chi connectivity index (χ0n) is 54.9. The van der Waals surface area contributed by atoms with Gasteiger partial charge in [0.2, 0.25) is 0 Å². The molecule has 0 aromatic heterocycles. The molecular weight excluding hydrogens is 1130 g/mol. The van der Waals surface area contributed by atoms with Gasteiger partial charge in [0.15, 0.2) is 12.2 Å². The Labute approximate surface area is 517 Å². The molecular formula is C66H128O17P2. The first kappa shape index (κ1) is 83.1. The summed E-state index contributed by atoms with van der Waals surface area (Å²) in [4.78, 5) is 72.0. The van der Waals surface area contributed by atoms with Crippen LogP contribution in [0.15, 0.2) is 0 Å². The van der Waals surface area contributed by atoms with Gasteiger partial charge in [-0.15, -0.1) is 0 Å². The van der Waals surface area contributed by atoms with Crippen molar-refractivity contribution in [3.8, 4) is 0 Å². The molecule has 0 spiro atoms. The van der Waals surface area contributed by atoms with Crippen LogP contribution >= 0.6 is 15.6 Å². The van der Waals surface area contributed by atoms with Gasteiger partial charge in [0.05, 0.1) is 26.4 Å². The third-order valence-corrected chi connectivity index (χ3v) is 17.1. The van der Waals surface area contributed by atoms with Crippen LogP contribution in [0.3, 0.4) is 0 Å². The van der Waals surface area contributed by atoms with Gasteiger partial charge in [-0.05, 0) is 37.5 Å². The van der Waals surface area contributed by atoms with Gasteiger partial charge in [0.1, 0.15) is 19.3 Å². The van der Waals surface area contributed by atoms with Crippen molar-refractivity contribution in [1.29, 1.82) is 0 Å². The van der Waals surface area contributed by atoms with Crippen LogP contribution in [0, 0.1) is 11.8 Å². The Morgan fingerprint density at radius 1 is 0.318 bits per heavy atom. The lowest BCUT2D eigenvalue weighted by Gasteiger charge is -2.21. The standard InChI is InChI=1S/C66H128O17P2/c1-7-9-11-13-14-15-16-20-24-27-30-37-43-49-64(69)77-55-62(82-65(70)50-44-38-31-28-25-22-19-17-18-21-23-26-29-35-40-46-58(3)4)57-81-85(74,75)79-53-60(67)52-78-84(72,73)80-56-61(54-76-63(68)48-42-34-12-10-8-2)83-66(71)51-45-39-33-32-36-41-47-59(5)6/h58-62,67H,7-57H2,1-6H3,(H,72,73)(H,74,75)/t60-,61+,62+/m0/s1. The van der Waals surface area contributed by atoms with Crippen molar-refractivity contribution in [1.82, 2.24) is 0 Å². The van der Waals surface area contributed by atoms with Crippen molar-refractivity contribution in [3.05, 3.63) is 0 Å². The minimum Gasteiger partial charge on any atom is -0.462 e. The summed E-state index contributed by atoms with van der Waals surface area (Å²) in [5, 5.41) is 10.5. The highest BCUT2D eigenvalue weighted by Gasteiger charge is 2.30. The Balaban J connectivity index is 5.15. The summed E-state index contributed by atoms with van der Waals surface area (Å²) in [5.74, 6) is -0.672. The summed E-state index contributed by atoms with van der Waals surface area (Å²) in [6.07, 6.45) is 42.2. The number of hydrogen-bond donors (Lipinski definition) is 3. The third-order valence-electron chi connectivity index (χ3n) is 15.2. The van der Waals surface area contributed by atoms with E-state index in [0.29, 0.717) is 31.6 Å². The monoisotopic (exact) mass is 1250 g/mol. The van der Waals surface area contributed by atoms with Crippen molar-refractivity contribution in [3.63, 3.8) is 0 Å². The minimum absolute atomic E-state index is 0.101. The first-order chi connectivity index (χ1) is 40.9. The first-order valence-electron chi connectivity index (χ1n) is 34.5. The predicted octanol–water partition coefficient (Wildman–Crippen LogP) is 18.4. The topological polar surface area (TPSA) is 237 Å². The highest BCUT2D eigenvalue weighted by atomic mass is 31.2. The summed E-state index contributed by atoms with van der Waals surface area (Å²) < 4.78 is 67.8. The van der Waals surface area contributed by atoms with E-state index in [1.807, 2.05) is 0 Å². The molecule has 504 valence electrons. The number of rotatable bonds is 65. The van der Waals surface area contributed by atoms with E-state index in [-0.39, 0.29) is 25.7 Å². The number of phosphoric acid groups is 2. The van der Waals surface area contributed by atoms with E-state index in [0.717, 1.165) is 102 Å². The fourth-order valence-electron chi connectivity index (χ4n) is 9.88. The van der Waals surface area contributed by atoms with Gasteiger partial charge in [0.25, 0.3) is 0 Å². The number of aliphatic hydroxyl groups is 1. The first-order valence-corrected chi connectivity index (χ1v) is 37.5. The number of aliphatic hydroxyl groups excluding tert-OH is 1. The van der Waals surface area contributed by atoms with Gasteiger partial charge in [-0.25, -0.2) is 9.13 Å². The van der Waals surface area contributed by atoms with Crippen molar-refractivity contribution >= 4 is 39.5 Å². The molecule has 0 heterocycles. The lowest BCUT2D eigenvalue weighted by molar-refractivity contribution is -0.161. The molecule has 3 N–H and O–H groups in total. The lowest BCUT2D eigenvalue weighted by Crippen LogP contribution is -2.30. The molecule has 17 nitrogen and oxygen atoms in total. The van der Waals surface area contributed by atoms with Gasteiger partial charge in [0, 0.05) is 25.7 Å². The van der Waals surface area contributed by atoms with Crippen LogP contribution < -0.4 is 0 Å². The second kappa shape index (κ2) is 58.4. The molecule has 0 fully saturated rings. The second-order valence-electron chi connectivity index (χ2n) is 24.8. The van der Waals surface area contributed by atoms with E-state index < -0.39 is 97.5 Å². The summed E-state index contributed by atoms with van der Waals surface area (Å²) in [6, 6.07) is 0. The van der Waals surface area contributed by atoms with Crippen LogP contribution in [-0.4, -0.2) is 96.7 Å². The molecule has 85 heavy (non-hydrogen) atoms. The highest BCUT2D eigenvalue weighted by molar-refractivity contribution is 7.47. The third kappa shape index (κ3) is 60.7. The van der Waals surface area contributed by atoms with Crippen molar-refractivity contribution < 1.29 is 80.2 Å². The maximum absolute atomic E-state index is 13.0. The van der Waals surface area contributed by atoms with Gasteiger partial charge in [-0.1, -0.05) is 279 Å². The molecule has 0 amide bonds. The average molecular weight is 1260 g/mol. The van der Waals surface area contributed by atoms with Crippen molar-refractivity contribution in [2.24, 2.45) is 11.8 Å². The SMILES string of the molecule is CCCCCCCCCCCCCCCC(=O)OC[C@H](COP(=O)(O)OC[C@@H](O)COP(=O)(O)OC[C@@H](COC(=O)CCCCCCC)OC(=O)CCCCCCCCC(C)C)OC(=O)CCCCCCCCCCCCCCCCCC(C)C. The molecule has 5 atom stereocenters. The van der Waals surface area contributed by atoms with E-state index in [1.54, 1.807) is 0 Å². The number of ether oxygens (including phenoxy) is 4. The average Bonchev–Trinajstić information content (AvgIpc) is 3.50. The van der Waals surface area contributed by atoms with Gasteiger partial charge in [-0.2, -0.15) is 0 Å². The van der Waals surface area contributed by atoms with Crippen LogP contribution in [0.25, 0.3) is 0 Å². The van der Waals surface area contributed by atoms with Crippen LogP contribution in [0.5, 0.6) is 0 Å². The molecule has 0 aliphatic carbocycles. The molecule has 0 aromatic carbocycles. The fraction of sp³-hybridized carbons (Fsp3) is 0.939. The van der Waals surface area contributed by atoms with Crippen LogP contribution in [0.4, 0.5) is 0 Å². The predicted molar refractivity (Wildman–Crippen MR) is 340 cm³/mol. The van der Waals surface area contributed by atoms with E-state index in [2.05, 4.69) is 41.5 Å². The molecule has 19 heteroatoms. The van der Waals surface area contributed by atoms with E-state index in [1.165, 1.54) is 141 Å². The normalized spacial score (nSPS) is 14.2. The molecule has 0 saturated carbocycles. The number of unbranched alkanes of at least 4 members (excludes halogenated alkanes) is 35. The van der Waals surface area contributed by atoms with E-state index in [4.69, 9.17) is 37.0 Å². The largest absolute Gasteiger partial charge is 0.472 e. The van der Waals surface area contributed by atoms with Gasteiger partial charge >= 0.3 is 39.5 Å². The zero-order chi connectivity index (χ0) is 62.9. The summed E-state index contributed by atoms with van der Waals surface area (Å²) >= 11 is 0. The summed E-state index contributed by atoms with van der Waals surface area (Å²) in [6.45, 7) is 9.36.